The molecule has 1 aliphatic rings. The van der Waals surface area contributed by atoms with Crippen LogP contribution in [0.5, 0.6) is 5.75 Å². The van der Waals surface area contributed by atoms with Gasteiger partial charge in [0.05, 0.1) is 12.3 Å². The van der Waals surface area contributed by atoms with Crippen molar-refractivity contribution in [2.75, 3.05) is 18.6 Å². The molecule has 2 rings (SSSR count). The summed E-state index contributed by atoms with van der Waals surface area (Å²) in [7, 11) is 1.60. The number of carbonyl (C=O) groups is 3. The first-order valence-electron chi connectivity index (χ1n) is 6.60. The molecular weight excluding hydrogens is 274 g/mol. The topological polar surface area (TPSA) is 72.9 Å². The summed E-state index contributed by atoms with van der Waals surface area (Å²) < 4.78 is 10.3. The molecule has 0 radical (unpaired) electrons. The number of hydrogen-bond acceptors (Lipinski definition) is 5. The third kappa shape index (κ3) is 2.61. The third-order valence-corrected chi connectivity index (χ3v) is 3.23. The molecule has 0 unspecified atom stereocenters. The highest BCUT2D eigenvalue weighted by Gasteiger charge is 2.39. The van der Waals surface area contributed by atoms with Crippen LogP contribution in [0.1, 0.15) is 31.1 Å². The summed E-state index contributed by atoms with van der Waals surface area (Å²) in [5, 5.41) is 0. The highest BCUT2D eigenvalue weighted by molar-refractivity contribution is 6.40. The maximum atomic E-state index is 12.2. The summed E-state index contributed by atoms with van der Waals surface area (Å²) in [5.41, 5.74) is -0.348. The summed E-state index contributed by atoms with van der Waals surface area (Å²) in [6, 6.07) is 4.52. The van der Waals surface area contributed by atoms with Crippen LogP contribution in [0.4, 0.5) is 5.69 Å². The molecule has 1 amide bonds. The molecule has 0 spiro atoms. The number of amides is 1. The second-order valence-corrected chi connectivity index (χ2v) is 5.21. The number of benzene rings is 1. The molecule has 0 bridgehead atoms. The summed E-state index contributed by atoms with van der Waals surface area (Å²) in [6.45, 7) is 5.10. The molecule has 0 aliphatic carbocycles. The predicted molar refractivity (Wildman–Crippen MR) is 75.5 cm³/mol. The van der Waals surface area contributed by atoms with Gasteiger partial charge in [-0.1, -0.05) is 0 Å². The van der Waals surface area contributed by atoms with Crippen molar-refractivity contribution in [3.8, 4) is 5.75 Å². The Morgan fingerprint density at radius 2 is 2.00 bits per heavy atom. The zero-order chi connectivity index (χ0) is 15.8. The molecule has 0 saturated heterocycles. The molecular formula is C15H17NO5. The molecule has 1 aromatic carbocycles. The van der Waals surface area contributed by atoms with Gasteiger partial charge in [0.25, 0.3) is 11.7 Å². The van der Waals surface area contributed by atoms with Crippen LogP contribution in [0.2, 0.25) is 0 Å². The first-order chi connectivity index (χ1) is 9.77. The van der Waals surface area contributed by atoms with Crippen LogP contribution in [-0.2, 0) is 14.3 Å². The number of esters is 1. The number of ether oxygens (including phenoxy) is 2. The van der Waals surface area contributed by atoms with Crippen LogP contribution >= 0.6 is 0 Å². The van der Waals surface area contributed by atoms with Crippen LogP contribution in [0, 0.1) is 0 Å². The minimum Gasteiger partial charge on any atom is -0.476 e. The zero-order valence-corrected chi connectivity index (χ0v) is 12.4. The molecule has 0 atom stereocenters. The summed E-state index contributed by atoms with van der Waals surface area (Å²) in [5.74, 6) is -1.40. The van der Waals surface area contributed by atoms with E-state index in [4.69, 9.17) is 4.74 Å². The predicted octanol–water partition coefficient (Wildman–Crippen LogP) is 1.57. The van der Waals surface area contributed by atoms with Crippen molar-refractivity contribution in [1.82, 2.24) is 0 Å². The largest absolute Gasteiger partial charge is 0.476 e. The number of rotatable bonds is 3. The van der Waals surface area contributed by atoms with Crippen LogP contribution in [-0.4, -0.2) is 36.9 Å². The van der Waals surface area contributed by atoms with Crippen LogP contribution in [0.25, 0.3) is 0 Å². The molecule has 0 aromatic heterocycles. The minimum atomic E-state index is -0.964. The number of likely N-dealkylation sites (N-methyl/N-ethyl adjacent to an activating group) is 1. The Kier molecular flexibility index (Phi) is 3.72. The van der Waals surface area contributed by atoms with Gasteiger partial charge in [-0.05, 0) is 39.0 Å². The molecule has 0 saturated carbocycles. The second kappa shape index (κ2) is 5.20. The van der Waals surface area contributed by atoms with E-state index in [1.165, 1.54) is 17.0 Å². The molecule has 1 aromatic rings. The summed E-state index contributed by atoms with van der Waals surface area (Å²) in [4.78, 5) is 37.0. The van der Waals surface area contributed by atoms with Crippen LogP contribution in [0.3, 0.4) is 0 Å². The van der Waals surface area contributed by atoms with E-state index < -0.39 is 17.4 Å². The lowest BCUT2D eigenvalue weighted by molar-refractivity contribution is -0.137. The molecule has 0 fully saturated rings. The lowest BCUT2D eigenvalue weighted by Crippen LogP contribution is -2.50. The van der Waals surface area contributed by atoms with Gasteiger partial charge in [0.2, 0.25) is 0 Å². The first-order valence-corrected chi connectivity index (χ1v) is 6.60. The fourth-order valence-corrected chi connectivity index (χ4v) is 2.15. The maximum absolute atomic E-state index is 12.2. The van der Waals surface area contributed by atoms with Crippen molar-refractivity contribution in [1.29, 1.82) is 0 Å². The molecule has 21 heavy (non-hydrogen) atoms. The Bertz CT molecular complexity index is 620. The van der Waals surface area contributed by atoms with E-state index in [-0.39, 0.29) is 18.1 Å². The molecule has 6 nitrogen and oxygen atoms in total. The Hall–Kier alpha value is -2.37. The molecule has 6 heteroatoms. The zero-order valence-electron chi connectivity index (χ0n) is 12.4. The number of nitrogens with zero attached hydrogens (tertiary/aromatic N) is 1. The van der Waals surface area contributed by atoms with Gasteiger partial charge in [0, 0.05) is 12.6 Å². The maximum Gasteiger partial charge on any atom is 0.379 e. The number of ketones is 1. The molecule has 1 aliphatic heterocycles. The van der Waals surface area contributed by atoms with E-state index in [1.807, 2.05) is 0 Å². The van der Waals surface area contributed by atoms with Gasteiger partial charge < -0.3 is 14.4 Å². The highest BCUT2D eigenvalue weighted by atomic mass is 16.5. The number of Topliss-reactive ketones (excluding diaryl/α,β-unsaturated/α-hetero) is 1. The van der Waals surface area contributed by atoms with E-state index in [2.05, 4.69) is 4.74 Å². The monoisotopic (exact) mass is 291 g/mol. The SMILES string of the molecule is CCOC(=O)C(=O)c1ccc2c(c1)N(C)C(=O)C(C)(C)O2. The third-order valence-electron chi connectivity index (χ3n) is 3.23. The number of fused-ring (bicyclic) bond motifs is 1. The molecule has 1 heterocycles. The van der Waals surface area contributed by atoms with E-state index in [0.717, 1.165) is 0 Å². The first kappa shape index (κ1) is 15.0. The normalized spacial score (nSPS) is 16.0. The van der Waals surface area contributed by atoms with Crippen molar-refractivity contribution in [2.24, 2.45) is 0 Å². The van der Waals surface area contributed by atoms with Gasteiger partial charge in [-0.15, -0.1) is 0 Å². The lowest BCUT2D eigenvalue weighted by Gasteiger charge is -2.36. The Morgan fingerprint density at radius 3 is 2.62 bits per heavy atom. The lowest BCUT2D eigenvalue weighted by atomic mass is 10.0. The van der Waals surface area contributed by atoms with Crippen molar-refractivity contribution in [2.45, 2.75) is 26.4 Å². The van der Waals surface area contributed by atoms with Crippen LogP contribution in [0.15, 0.2) is 18.2 Å². The van der Waals surface area contributed by atoms with Gasteiger partial charge in [0.15, 0.2) is 5.60 Å². The average molecular weight is 291 g/mol. The summed E-state index contributed by atoms with van der Waals surface area (Å²) in [6.07, 6.45) is 0. The van der Waals surface area contributed by atoms with Crippen LogP contribution < -0.4 is 9.64 Å². The van der Waals surface area contributed by atoms with Crippen molar-refractivity contribution in [3.05, 3.63) is 23.8 Å². The van der Waals surface area contributed by atoms with E-state index in [1.54, 1.807) is 33.9 Å². The van der Waals surface area contributed by atoms with Gasteiger partial charge >= 0.3 is 5.97 Å². The molecule has 0 N–H and O–H groups in total. The minimum absolute atomic E-state index is 0.130. The van der Waals surface area contributed by atoms with E-state index in [0.29, 0.717) is 11.4 Å². The van der Waals surface area contributed by atoms with Gasteiger partial charge in [0.1, 0.15) is 5.75 Å². The standard InChI is InChI=1S/C15H17NO5/c1-5-20-13(18)12(17)9-6-7-11-10(8-9)16(4)14(19)15(2,3)21-11/h6-8H,5H2,1-4H3. The quantitative estimate of drug-likeness (QED) is 0.480. The number of carbonyl (C=O) groups excluding carboxylic acids is 3. The van der Waals surface area contributed by atoms with Gasteiger partial charge in [-0.3, -0.25) is 9.59 Å². The average Bonchev–Trinajstić information content (AvgIpc) is 2.44. The second-order valence-electron chi connectivity index (χ2n) is 5.21. The Labute approximate surface area is 122 Å². The number of anilines is 1. The van der Waals surface area contributed by atoms with Gasteiger partial charge in [-0.25, -0.2) is 4.79 Å². The Morgan fingerprint density at radius 1 is 1.33 bits per heavy atom. The van der Waals surface area contributed by atoms with Crippen molar-refractivity contribution in [3.63, 3.8) is 0 Å². The highest BCUT2D eigenvalue weighted by Crippen LogP contribution is 2.37. The van der Waals surface area contributed by atoms with Crippen molar-refractivity contribution < 1.29 is 23.9 Å². The fourth-order valence-electron chi connectivity index (χ4n) is 2.15. The van der Waals surface area contributed by atoms with E-state index in [9.17, 15) is 14.4 Å². The number of hydrogen-bond donors (Lipinski definition) is 0. The van der Waals surface area contributed by atoms with Gasteiger partial charge in [-0.2, -0.15) is 0 Å². The molecule has 112 valence electrons. The fraction of sp³-hybridized carbons (Fsp3) is 0.400. The van der Waals surface area contributed by atoms with E-state index >= 15 is 0 Å². The smallest absolute Gasteiger partial charge is 0.379 e. The van der Waals surface area contributed by atoms with Crippen molar-refractivity contribution >= 4 is 23.3 Å². The summed E-state index contributed by atoms with van der Waals surface area (Å²) >= 11 is 0. The Balaban J connectivity index is 2.39.